The van der Waals surface area contributed by atoms with Gasteiger partial charge >= 0.3 is 0 Å². The molecule has 0 atom stereocenters. The lowest BCUT2D eigenvalue weighted by Gasteiger charge is -2.12. The van der Waals surface area contributed by atoms with Crippen molar-refractivity contribution in [1.82, 2.24) is 0 Å². The minimum atomic E-state index is -0.0373. The van der Waals surface area contributed by atoms with E-state index in [4.69, 9.17) is 32.2 Å². The zero-order valence-corrected chi connectivity index (χ0v) is 11.5. The number of nitrogen functional groups attached to an aromatic ring is 1. The van der Waals surface area contributed by atoms with Crippen LogP contribution in [0, 0.1) is 11.3 Å². The Labute approximate surface area is 113 Å². The van der Waals surface area contributed by atoms with Crippen molar-refractivity contribution in [2.45, 2.75) is 13.8 Å². The molecule has 0 aliphatic rings. The van der Waals surface area contributed by atoms with Gasteiger partial charge in [-0.05, 0) is 24.1 Å². The molecule has 1 aromatic rings. The number of nitrogens with two attached hydrogens (primary N) is 1. The normalized spacial score (nSPS) is 10.7. The fourth-order valence-corrected chi connectivity index (χ4v) is 1.53. The Morgan fingerprint density at radius 1 is 1.39 bits per heavy atom. The van der Waals surface area contributed by atoms with Crippen molar-refractivity contribution in [3.05, 3.63) is 28.8 Å². The Balaban J connectivity index is 2.50. The summed E-state index contributed by atoms with van der Waals surface area (Å²) in [5, 5.41) is 8.00. The molecule has 18 heavy (non-hydrogen) atoms. The van der Waals surface area contributed by atoms with Gasteiger partial charge in [-0.1, -0.05) is 25.4 Å². The van der Waals surface area contributed by atoms with Crippen LogP contribution in [0.1, 0.15) is 19.4 Å². The molecule has 0 aromatic heterocycles. The van der Waals surface area contributed by atoms with Gasteiger partial charge in [-0.3, -0.25) is 5.41 Å². The average molecular weight is 271 g/mol. The number of hydrogen-bond donors (Lipinski definition) is 2. The van der Waals surface area contributed by atoms with E-state index in [1.54, 1.807) is 18.2 Å². The van der Waals surface area contributed by atoms with Crippen LogP contribution in [0.3, 0.4) is 0 Å². The number of ether oxygens (including phenoxy) is 2. The molecule has 1 rings (SSSR count). The summed E-state index contributed by atoms with van der Waals surface area (Å²) >= 11 is 5.88. The SMILES string of the molecule is CC(C)COCCOc1cc(Cl)ccc1C(=N)N. The van der Waals surface area contributed by atoms with Crippen molar-refractivity contribution in [2.24, 2.45) is 11.7 Å². The fourth-order valence-electron chi connectivity index (χ4n) is 1.37. The Hall–Kier alpha value is -1.26. The molecule has 0 heterocycles. The molecule has 0 aliphatic heterocycles. The number of hydrogen-bond acceptors (Lipinski definition) is 3. The molecule has 0 bridgehead atoms. The molecule has 3 N–H and O–H groups in total. The Morgan fingerprint density at radius 3 is 2.72 bits per heavy atom. The number of halogens is 1. The summed E-state index contributed by atoms with van der Waals surface area (Å²) in [7, 11) is 0. The molecule has 0 aliphatic carbocycles. The lowest BCUT2D eigenvalue weighted by Crippen LogP contribution is -2.15. The predicted octanol–water partition coefficient (Wildman–Crippen LogP) is 2.68. The van der Waals surface area contributed by atoms with E-state index in [1.165, 1.54) is 0 Å². The van der Waals surface area contributed by atoms with Gasteiger partial charge in [0.1, 0.15) is 18.2 Å². The molecule has 0 fully saturated rings. The third kappa shape index (κ3) is 4.94. The van der Waals surface area contributed by atoms with Gasteiger partial charge in [0.15, 0.2) is 0 Å². The molecule has 0 radical (unpaired) electrons. The highest BCUT2D eigenvalue weighted by atomic mass is 35.5. The summed E-state index contributed by atoms with van der Waals surface area (Å²) in [5.41, 5.74) is 6.01. The van der Waals surface area contributed by atoms with Crippen LogP contribution in [0.15, 0.2) is 18.2 Å². The number of benzene rings is 1. The van der Waals surface area contributed by atoms with E-state index in [2.05, 4.69) is 13.8 Å². The van der Waals surface area contributed by atoms with Crippen LogP contribution in [-0.2, 0) is 4.74 Å². The van der Waals surface area contributed by atoms with Crippen LogP contribution in [0.2, 0.25) is 5.02 Å². The van der Waals surface area contributed by atoms with E-state index < -0.39 is 0 Å². The summed E-state index contributed by atoms with van der Waals surface area (Å²) in [5.74, 6) is 0.983. The highest BCUT2D eigenvalue weighted by Gasteiger charge is 2.07. The van der Waals surface area contributed by atoms with Crippen molar-refractivity contribution in [3.63, 3.8) is 0 Å². The van der Waals surface area contributed by atoms with Crippen LogP contribution in [0.25, 0.3) is 0 Å². The van der Waals surface area contributed by atoms with Gasteiger partial charge in [-0.2, -0.15) is 0 Å². The number of rotatable bonds is 7. The van der Waals surface area contributed by atoms with Gasteiger partial charge < -0.3 is 15.2 Å². The highest BCUT2D eigenvalue weighted by Crippen LogP contribution is 2.22. The van der Waals surface area contributed by atoms with Crippen LogP contribution < -0.4 is 10.5 Å². The van der Waals surface area contributed by atoms with E-state index in [0.29, 0.717) is 42.1 Å². The lowest BCUT2D eigenvalue weighted by molar-refractivity contribution is 0.0818. The summed E-state index contributed by atoms with van der Waals surface area (Å²) in [4.78, 5) is 0. The quantitative estimate of drug-likeness (QED) is 0.455. The van der Waals surface area contributed by atoms with Gasteiger partial charge in [-0.15, -0.1) is 0 Å². The first kappa shape index (κ1) is 14.8. The predicted molar refractivity (Wildman–Crippen MR) is 73.6 cm³/mol. The monoisotopic (exact) mass is 270 g/mol. The average Bonchev–Trinajstić information content (AvgIpc) is 2.27. The number of amidine groups is 1. The Morgan fingerprint density at radius 2 is 2.11 bits per heavy atom. The maximum absolute atomic E-state index is 7.44. The smallest absolute Gasteiger partial charge is 0.131 e. The molecule has 1 aromatic carbocycles. The summed E-state index contributed by atoms with van der Waals surface area (Å²) < 4.78 is 10.9. The largest absolute Gasteiger partial charge is 0.490 e. The summed E-state index contributed by atoms with van der Waals surface area (Å²) in [6.07, 6.45) is 0. The molecule has 100 valence electrons. The van der Waals surface area contributed by atoms with Crippen molar-refractivity contribution < 1.29 is 9.47 Å². The fraction of sp³-hybridized carbons (Fsp3) is 0.462. The second-order valence-corrected chi connectivity index (χ2v) is 4.81. The molecule has 0 saturated carbocycles. The maximum Gasteiger partial charge on any atom is 0.131 e. The molecule has 0 saturated heterocycles. The Bertz CT molecular complexity index is 408. The first-order valence-corrected chi connectivity index (χ1v) is 6.23. The van der Waals surface area contributed by atoms with Gasteiger partial charge in [0.25, 0.3) is 0 Å². The summed E-state index contributed by atoms with van der Waals surface area (Å²) in [6, 6.07) is 5.01. The topological polar surface area (TPSA) is 68.3 Å². The maximum atomic E-state index is 7.44. The highest BCUT2D eigenvalue weighted by molar-refractivity contribution is 6.30. The van der Waals surface area contributed by atoms with Crippen LogP contribution in [0.5, 0.6) is 5.75 Å². The summed E-state index contributed by atoms with van der Waals surface area (Å²) in [6.45, 7) is 5.80. The van der Waals surface area contributed by atoms with E-state index in [1.807, 2.05) is 0 Å². The van der Waals surface area contributed by atoms with Crippen molar-refractivity contribution in [3.8, 4) is 5.75 Å². The zero-order chi connectivity index (χ0) is 13.5. The standard InChI is InChI=1S/C13H19ClN2O2/c1-9(2)8-17-5-6-18-12-7-10(14)3-4-11(12)13(15)16/h3-4,7,9H,5-6,8H2,1-2H3,(H3,15,16). The van der Waals surface area contributed by atoms with E-state index >= 15 is 0 Å². The first-order valence-electron chi connectivity index (χ1n) is 5.85. The van der Waals surface area contributed by atoms with E-state index in [-0.39, 0.29) is 5.84 Å². The lowest BCUT2D eigenvalue weighted by atomic mass is 10.2. The Kier molecular flexibility index (Phi) is 5.95. The van der Waals surface area contributed by atoms with E-state index in [0.717, 1.165) is 0 Å². The minimum absolute atomic E-state index is 0.0373. The molecule has 0 spiro atoms. The molecule has 0 unspecified atom stereocenters. The minimum Gasteiger partial charge on any atom is -0.490 e. The van der Waals surface area contributed by atoms with Crippen molar-refractivity contribution in [2.75, 3.05) is 19.8 Å². The molecule has 0 amide bonds. The van der Waals surface area contributed by atoms with Crippen molar-refractivity contribution >= 4 is 17.4 Å². The first-order chi connectivity index (χ1) is 8.50. The third-order valence-corrected chi connectivity index (χ3v) is 2.41. The molecular weight excluding hydrogens is 252 g/mol. The van der Waals surface area contributed by atoms with Crippen molar-refractivity contribution in [1.29, 1.82) is 5.41 Å². The third-order valence-electron chi connectivity index (χ3n) is 2.17. The van der Waals surface area contributed by atoms with Crippen LogP contribution in [0.4, 0.5) is 0 Å². The van der Waals surface area contributed by atoms with Crippen LogP contribution >= 0.6 is 11.6 Å². The molecule has 4 nitrogen and oxygen atoms in total. The van der Waals surface area contributed by atoms with Gasteiger partial charge in [0, 0.05) is 11.6 Å². The molecular formula is C13H19ClN2O2. The van der Waals surface area contributed by atoms with Gasteiger partial charge in [-0.25, -0.2) is 0 Å². The van der Waals surface area contributed by atoms with Crippen LogP contribution in [-0.4, -0.2) is 25.7 Å². The molecule has 5 heteroatoms. The second kappa shape index (κ2) is 7.24. The van der Waals surface area contributed by atoms with E-state index in [9.17, 15) is 0 Å². The zero-order valence-electron chi connectivity index (χ0n) is 10.7. The number of nitrogens with one attached hydrogen (secondary N) is 1. The van der Waals surface area contributed by atoms with Gasteiger partial charge in [0.2, 0.25) is 0 Å². The van der Waals surface area contributed by atoms with Gasteiger partial charge in [0.05, 0.1) is 12.2 Å². The second-order valence-electron chi connectivity index (χ2n) is 4.37.